The molecular formula is C30H33F3N6O4S2. The van der Waals surface area contributed by atoms with Crippen molar-refractivity contribution in [3.8, 4) is 10.6 Å². The zero-order chi connectivity index (χ0) is 31.7. The van der Waals surface area contributed by atoms with Crippen molar-refractivity contribution in [1.82, 2.24) is 19.8 Å². The minimum atomic E-state index is -4.81. The topological polar surface area (TPSA) is 108 Å². The van der Waals surface area contributed by atoms with E-state index in [1.807, 2.05) is 12.1 Å². The van der Waals surface area contributed by atoms with Crippen molar-refractivity contribution in [2.24, 2.45) is 0 Å². The minimum Gasteiger partial charge on any atom is -0.377 e. The molecule has 10 nitrogen and oxygen atoms in total. The van der Waals surface area contributed by atoms with E-state index in [0.717, 1.165) is 49.8 Å². The lowest BCUT2D eigenvalue weighted by atomic mass is 10.1. The SMILES string of the molecule is CC1CN(c2ccc(Nc3ncc(C(F)(F)F)c(-c4cc5c(s4)C(=O)N(C4COC4)CCS5(=O)=O)n3)c(C3CC3)c2)CCN1C. The van der Waals surface area contributed by atoms with Gasteiger partial charge in [-0.25, -0.2) is 18.4 Å². The third-order valence-electron chi connectivity index (χ3n) is 9.10. The van der Waals surface area contributed by atoms with Gasteiger partial charge in [-0.2, -0.15) is 13.2 Å². The molecule has 1 N–H and O–H groups in total. The number of sulfone groups is 1. The van der Waals surface area contributed by atoms with E-state index in [1.165, 1.54) is 4.90 Å². The van der Waals surface area contributed by atoms with Gasteiger partial charge in [-0.3, -0.25) is 4.79 Å². The van der Waals surface area contributed by atoms with Crippen molar-refractivity contribution >= 4 is 44.4 Å². The van der Waals surface area contributed by atoms with Crippen LogP contribution in [0.1, 0.15) is 46.5 Å². The molecule has 1 aliphatic carbocycles. The summed E-state index contributed by atoms with van der Waals surface area (Å²) in [7, 11) is -1.81. The van der Waals surface area contributed by atoms with Crippen molar-refractivity contribution in [1.29, 1.82) is 0 Å². The highest BCUT2D eigenvalue weighted by molar-refractivity contribution is 7.91. The van der Waals surface area contributed by atoms with Gasteiger partial charge in [0.25, 0.3) is 5.91 Å². The molecule has 1 aromatic carbocycles. The normalized spacial score (nSPS) is 22.6. The van der Waals surface area contributed by atoms with Gasteiger partial charge in [0, 0.05) is 49.8 Å². The number of rotatable bonds is 6. The number of carbonyl (C=O) groups is 1. The summed E-state index contributed by atoms with van der Waals surface area (Å²) in [6.07, 6.45) is -2.07. The Morgan fingerprint density at radius 1 is 1.11 bits per heavy atom. The molecule has 3 aromatic rings. The molecule has 1 atom stereocenters. The van der Waals surface area contributed by atoms with Crippen LogP contribution in [-0.4, -0.2) is 98.4 Å². The van der Waals surface area contributed by atoms with Crippen LogP contribution in [0, 0.1) is 0 Å². The van der Waals surface area contributed by atoms with Gasteiger partial charge in [0.15, 0.2) is 9.84 Å². The Morgan fingerprint density at radius 2 is 1.89 bits per heavy atom. The minimum absolute atomic E-state index is 0.00272. The quantitative estimate of drug-likeness (QED) is 0.405. The van der Waals surface area contributed by atoms with Crippen LogP contribution in [0.4, 0.5) is 30.5 Å². The lowest BCUT2D eigenvalue weighted by molar-refractivity contribution is -0.137. The molecule has 0 spiro atoms. The van der Waals surface area contributed by atoms with Crippen LogP contribution in [0.25, 0.3) is 10.6 Å². The van der Waals surface area contributed by atoms with Crippen LogP contribution in [0.2, 0.25) is 0 Å². The van der Waals surface area contributed by atoms with E-state index in [2.05, 4.69) is 45.1 Å². The Morgan fingerprint density at radius 3 is 2.56 bits per heavy atom. The first-order valence-electron chi connectivity index (χ1n) is 14.9. The molecule has 0 bridgehead atoms. The molecular weight excluding hydrogens is 629 g/mol. The highest BCUT2D eigenvalue weighted by Gasteiger charge is 2.41. The number of benzene rings is 1. The third kappa shape index (κ3) is 5.79. The van der Waals surface area contributed by atoms with Gasteiger partial charge in [-0.1, -0.05) is 0 Å². The number of likely N-dealkylation sites (N-methyl/N-ethyl adjacent to an activating group) is 1. The lowest BCUT2D eigenvalue weighted by Gasteiger charge is -2.39. The number of nitrogens with one attached hydrogen (secondary N) is 1. The van der Waals surface area contributed by atoms with Crippen molar-refractivity contribution in [2.45, 2.75) is 48.8 Å². The van der Waals surface area contributed by atoms with E-state index in [1.54, 1.807) is 0 Å². The van der Waals surface area contributed by atoms with Gasteiger partial charge in [0.05, 0.1) is 40.5 Å². The summed E-state index contributed by atoms with van der Waals surface area (Å²) >= 11 is 0.711. The van der Waals surface area contributed by atoms with E-state index < -0.39 is 33.2 Å². The van der Waals surface area contributed by atoms with Gasteiger partial charge < -0.3 is 24.8 Å². The van der Waals surface area contributed by atoms with Gasteiger partial charge in [0.2, 0.25) is 5.95 Å². The number of fused-ring (bicyclic) bond motifs is 1. The molecule has 5 heterocycles. The Bertz CT molecular complexity index is 1760. The third-order valence-corrected chi connectivity index (χ3v) is 12.1. The first-order valence-corrected chi connectivity index (χ1v) is 17.4. The maximum atomic E-state index is 14.2. The zero-order valence-corrected chi connectivity index (χ0v) is 26.4. The van der Waals surface area contributed by atoms with Crippen LogP contribution < -0.4 is 10.2 Å². The first-order chi connectivity index (χ1) is 21.4. The molecule has 240 valence electrons. The molecule has 45 heavy (non-hydrogen) atoms. The van der Waals surface area contributed by atoms with Gasteiger partial charge in [-0.15, -0.1) is 11.3 Å². The van der Waals surface area contributed by atoms with Gasteiger partial charge in [0.1, 0.15) is 10.4 Å². The number of anilines is 3. The number of ether oxygens (including phenoxy) is 1. The smallest absolute Gasteiger partial charge is 0.377 e. The lowest BCUT2D eigenvalue weighted by Crippen LogP contribution is -2.52. The molecule has 2 saturated heterocycles. The van der Waals surface area contributed by atoms with Crippen molar-refractivity contribution in [3.05, 3.63) is 46.5 Å². The van der Waals surface area contributed by atoms with Crippen LogP contribution >= 0.6 is 11.3 Å². The number of carbonyl (C=O) groups excluding carboxylic acids is 1. The second-order valence-corrected chi connectivity index (χ2v) is 15.3. The fraction of sp³-hybridized carbons (Fsp3) is 0.500. The van der Waals surface area contributed by atoms with Gasteiger partial charge in [-0.05, 0) is 62.6 Å². The van der Waals surface area contributed by atoms with Crippen LogP contribution in [0.15, 0.2) is 35.4 Å². The fourth-order valence-corrected chi connectivity index (χ4v) is 8.93. The number of nitrogens with zero attached hydrogens (tertiary/aromatic N) is 5. The number of hydrogen-bond acceptors (Lipinski definition) is 10. The van der Waals surface area contributed by atoms with Crippen molar-refractivity contribution in [2.75, 3.05) is 62.4 Å². The Balaban J connectivity index is 1.24. The average Bonchev–Trinajstić information content (AvgIpc) is 3.72. The summed E-state index contributed by atoms with van der Waals surface area (Å²) in [5, 5.41) is 3.14. The summed E-state index contributed by atoms with van der Waals surface area (Å²) in [5.74, 6) is -0.569. The predicted octanol–water partition coefficient (Wildman–Crippen LogP) is 4.61. The second kappa shape index (κ2) is 11.2. The molecule has 7 rings (SSSR count). The second-order valence-electron chi connectivity index (χ2n) is 12.2. The van der Waals surface area contributed by atoms with E-state index in [9.17, 15) is 26.4 Å². The zero-order valence-electron chi connectivity index (χ0n) is 24.8. The largest absolute Gasteiger partial charge is 0.420 e. The number of aromatic nitrogens is 2. The van der Waals surface area contributed by atoms with E-state index >= 15 is 0 Å². The highest BCUT2D eigenvalue weighted by atomic mass is 32.2. The van der Waals surface area contributed by atoms with Crippen LogP contribution in [0.5, 0.6) is 0 Å². The Kier molecular flexibility index (Phi) is 7.57. The van der Waals surface area contributed by atoms with Crippen LogP contribution in [0.3, 0.4) is 0 Å². The average molecular weight is 663 g/mol. The highest BCUT2D eigenvalue weighted by Crippen LogP contribution is 2.46. The Labute approximate surface area is 263 Å². The number of thiophene rings is 1. The maximum Gasteiger partial charge on any atom is 0.420 e. The fourth-order valence-electron chi connectivity index (χ4n) is 6.02. The summed E-state index contributed by atoms with van der Waals surface area (Å²) in [5.41, 5.74) is 1.29. The number of halogens is 3. The molecule has 3 fully saturated rings. The summed E-state index contributed by atoms with van der Waals surface area (Å²) < 4.78 is 74.2. The Hall–Kier alpha value is -3.27. The summed E-state index contributed by atoms with van der Waals surface area (Å²) in [4.78, 5) is 27.4. The standard InChI is InChI=1S/C30H33F3N6O4S2/c1-17-14-38(8-7-37(17)2)19-5-6-23(21(11-19)18-3-4-18)35-29-34-13-22(30(31,32)33)26(36-29)24-12-25-27(44-24)28(40)39(20-15-43-16-20)9-10-45(25,41)42/h5-6,11-13,17-18,20H,3-4,7-10,14-16H2,1-2H3,(H,34,35,36). The number of amides is 1. The van der Waals surface area contributed by atoms with Crippen LogP contribution in [-0.2, 0) is 20.8 Å². The molecule has 15 heteroatoms. The monoisotopic (exact) mass is 662 g/mol. The first kappa shape index (κ1) is 30.4. The number of alkyl halides is 3. The molecule has 2 aromatic heterocycles. The van der Waals surface area contributed by atoms with E-state index in [4.69, 9.17) is 4.74 Å². The van der Waals surface area contributed by atoms with Gasteiger partial charge >= 0.3 is 6.18 Å². The number of piperazine rings is 1. The molecule has 4 aliphatic rings. The van der Waals surface area contributed by atoms with Crippen molar-refractivity contribution in [3.63, 3.8) is 0 Å². The summed E-state index contributed by atoms with van der Waals surface area (Å²) in [6.45, 7) is 5.52. The molecule has 1 unspecified atom stereocenters. The molecule has 3 aliphatic heterocycles. The predicted molar refractivity (Wildman–Crippen MR) is 164 cm³/mol. The van der Waals surface area contributed by atoms with E-state index in [0.29, 0.717) is 35.2 Å². The number of hydrogen-bond donors (Lipinski definition) is 1. The van der Waals surface area contributed by atoms with Crippen molar-refractivity contribution < 1.29 is 31.1 Å². The maximum absolute atomic E-state index is 14.2. The van der Waals surface area contributed by atoms with E-state index in [-0.39, 0.29) is 52.2 Å². The molecule has 0 radical (unpaired) electrons. The molecule has 1 saturated carbocycles. The molecule has 1 amide bonds. The summed E-state index contributed by atoms with van der Waals surface area (Å²) in [6, 6.07) is 7.36.